The minimum absolute atomic E-state index is 0.282. The second-order valence-electron chi connectivity index (χ2n) is 6.88. The minimum atomic E-state index is -4.46. The molecule has 1 N–H and O–H groups in total. The highest BCUT2D eigenvalue weighted by molar-refractivity contribution is 6.31. The van der Waals surface area contributed by atoms with Crippen LogP contribution in [0.25, 0.3) is 0 Å². The maximum absolute atomic E-state index is 13.4. The highest BCUT2D eigenvalue weighted by atomic mass is 35.5. The molecule has 0 saturated carbocycles. The molecular weight excluding hydrogens is 405 g/mol. The van der Waals surface area contributed by atoms with Crippen LogP contribution >= 0.6 is 11.6 Å². The van der Waals surface area contributed by atoms with Gasteiger partial charge in [0.1, 0.15) is 11.5 Å². The van der Waals surface area contributed by atoms with Crippen molar-refractivity contribution in [2.75, 3.05) is 40.4 Å². The Bertz CT molecular complexity index is 837. The van der Waals surface area contributed by atoms with E-state index in [9.17, 15) is 13.2 Å². The van der Waals surface area contributed by atoms with Crippen LogP contribution in [0.15, 0.2) is 36.4 Å². The molecule has 158 valence electrons. The van der Waals surface area contributed by atoms with Crippen molar-refractivity contribution < 1.29 is 22.6 Å². The van der Waals surface area contributed by atoms with Crippen LogP contribution in [0, 0.1) is 0 Å². The molecule has 0 bridgehead atoms. The summed E-state index contributed by atoms with van der Waals surface area (Å²) in [5, 5.41) is 3.61. The molecule has 1 fully saturated rings. The Kier molecular flexibility index (Phi) is 6.93. The van der Waals surface area contributed by atoms with E-state index in [0.29, 0.717) is 30.2 Å². The van der Waals surface area contributed by atoms with Crippen LogP contribution in [0.2, 0.25) is 5.02 Å². The van der Waals surface area contributed by atoms with Gasteiger partial charge in [-0.05, 0) is 54.9 Å². The zero-order valence-electron chi connectivity index (χ0n) is 16.4. The molecule has 0 aromatic heterocycles. The van der Waals surface area contributed by atoms with Crippen molar-refractivity contribution in [1.29, 1.82) is 0 Å². The number of benzene rings is 2. The molecule has 1 heterocycles. The molecule has 1 unspecified atom stereocenters. The number of hydrogen-bond acceptors (Lipinski definition) is 4. The third-order valence-corrected chi connectivity index (χ3v) is 5.43. The van der Waals surface area contributed by atoms with Crippen molar-refractivity contribution in [3.05, 3.63) is 58.1 Å². The van der Waals surface area contributed by atoms with Crippen LogP contribution in [0.1, 0.15) is 29.2 Å². The molecule has 0 spiro atoms. The van der Waals surface area contributed by atoms with Gasteiger partial charge in [0.25, 0.3) is 0 Å². The average molecular weight is 429 g/mol. The maximum atomic E-state index is 13.4. The van der Waals surface area contributed by atoms with Crippen LogP contribution in [0.4, 0.5) is 13.2 Å². The van der Waals surface area contributed by atoms with E-state index < -0.39 is 17.8 Å². The Balaban J connectivity index is 2.20. The fourth-order valence-electron chi connectivity index (χ4n) is 3.67. The van der Waals surface area contributed by atoms with Gasteiger partial charge in [-0.15, -0.1) is 0 Å². The van der Waals surface area contributed by atoms with Crippen LogP contribution in [-0.2, 0) is 6.18 Å². The van der Waals surface area contributed by atoms with E-state index >= 15 is 0 Å². The zero-order valence-corrected chi connectivity index (χ0v) is 17.1. The van der Waals surface area contributed by atoms with E-state index in [1.807, 2.05) is 0 Å². The minimum Gasteiger partial charge on any atom is -0.497 e. The van der Waals surface area contributed by atoms with Crippen LogP contribution in [-0.4, -0.2) is 45.3 Å². The fourth-order valence-corrected chi connectivity index (χ4v) is 3.89. The number of nitrogens with one attached hydrogen (secondary N) is 1. The Morgan fingerprint density at radius 1 is 1.00 bits per heavy atom. The first kappa shape index (κ1) is 21.7. The summed E-state index contributed by atoms with van der Waals surface area (Å²) in [4.78, 5) is 2.14. The summed E-state index contributed by atoms with van der Waals surface area (Å²) in [5.74, 6) is 1.17. The Hall–Kier alpha value is -1.96. The van der Waals surface area contributed by atoms with Crippen molar-refractivity contribution >= 4 is 11.6 Å². The third-order valence-electron chi connectivity index (χ3n) is 5.09. The molecule has 1 atom stereocenters. The van der Waals surface area contributed by atoms with E-state index in [2.05, 4.69) is 10.2 Å². The van der Waals surface area contributed by atoms with Crippen molar-refractivity contribution in [2.24, 2.45) is 0 Å². The first-order chi connectivity index (χ1) is 13.8. The lowest BCUT2D eigenvalue weighted by Crippen LogP contribution is -2.33. The zero-order chi connectivity index (χ0) is 21.0. The van der Waals surface area contributed by atoms with Crippen LogP contribution in [0.3, 0.4) is 0 Å². The lowest BCUT2D eigenvalue weighted by atomic mass is 9.94. The predicted molar refractivity (Wildman–Crippen MR) is 107 cm³/mol. The smallest absolute Gasteiger partial charge is 0.416 e. The molecule has 1 saturated heterocycles. The van der Waals surface area contributed by atoms with E-state index in [-0.39, 0.29) is 5.02 Å². The van der Waals surface area contributed by atoms with Gasteiger partial charge in [-0.1, -0.05) is 11.6 Å². The van der Waals surface area contributed by atoms with Gasteiger partial charge in [0.15, 0.2) is 0 Å². The standard InChI is InChI=1S/C21H24ClF3N2O2/c1-28-15-5-7-19(29-2)17(13-15)20(27-10-3-8-26-9-11-27)16-12-14(21(23,24)25)4-6-18(16)22/h4-7,12-13,20,26H,3,8-11H2,1-2H3. The van der Waals surface area contributed by atoms with Crippen molar-refractivity contribution in [1.82, 2.24) is 10.2 Å². The number of methoxy groups -OCH3 is 2. The van der Waals surface area contributed by atoms with Gasteiger partial charge in [0.2, 0.25) is 0 Å². The van der Waals surface area contributed by atoms with E-state index in [0.717, 1.165) is 37.2 Å². The maximum Gasteiger partial charge on any atom is 0.416 e. The number of rotatable bonds is 5. The highest BCUT2D eigenvalue weighted by Gasteiger charge is 2.34. The van der Waals surface area contributed by atoms with Gasteiger partial charge >= 0.3 is 6.18 Å². The van der Waals surface area contributed by atoms with Gasteiger partial charge in [-0.3, -0.25) is 4.90 Å². The highest BCUT2D eigenvalue weighted by Crippen LogP contribution is 2.42. The molecule has 1 aliphatic heterocycles. The quantitative estimate of drug-likeness (QED) is 0.744. The molecule has 0 radical (unpaired) electrons. The number of nitrogens with zero attached hydrogens (tertiary/aromatic N) is 1. The predicted octanol–water partition coefficient (Wildman–Crippen LogP) is 4.76. The molecule has 4 nitrogen and oxygen atoms in total. The molecule has 2 aromatic rings. The summed E-state index contributed by atoms with van der Waals surface area (Å²) in [5.41, 5.74) is 0.390. The molecule has 1 aliphatic rings. The van der Waals surface area contributed by atoms with Crippen LogP contribution < -0.4 is 14.8 Å². The normalized spacial score (nSPS) is 16.9. The summed E-state index contributed by atoms with van der Waals surface area (Å²) in [6, 6.07) is 8.29. The molecule has 2 aromatic carbocycles. The largest absolute Gasteiger partial charge is 0.497 e. The second-order valence-corrected chi connectivity index (χ2v) is 7.29. The van der Waals surface area contributed by atoms with E-state index in [1.165, 1.54) is 6.07 Å². The molecule has 3 rings (SSSR count). The topological polar surface area (TPSA) is 33.7 Å². The summed E-state index contributed by atoms with van der Waals surface area (Å²) in [6.45, 7) is 2.97. The van der Waals surface area contributed by atoms with Crippen molar-refractivity contribution in [3.8, 4) is 11.5 Å². The number of hydrogen-bond donors (Lipinski definition) is 1. The SMILES string of the molecule is COc1ccc(OC)c(C(c2cc(C(F)(F)F)ccc2Cl)N2CCCNCC2)c1. The van der Waals surface area contributed by atoms with Gasteiger partial charge in [0.05, 0.1) is 25.8 Å². The summed E-state index contributed by atoms with van der Waals surface area (Å²) in [7, 11) is 3.09. The van der Waals surface area contributed by atoms with Crippen molar-refractivity contribution in [3.63, 3.8) is 0 Å². The van der Waals surface area contributed by atoms with Gasteiger partial charge in [-0.2, -0.15) is 13.2 Å². The van der Waals surface area contributed by atoms with E-state index in [4.69, 9.17) is 21.1 Å². The monoisotopic (exact) mass is 428 g/mol. The Morgan fingerprint density at radius 3 is 2.48 bits per heavy atom. The average Bonchev–Trinajstić information content (AvgIpc) is 2.98. The first-order valence-electron chi connectivity index (χ1n) is 9.38. The molecule has 8 heteroatoms. The van der Waals surface area contributed by atoms with Gasteiger partial charge < -0.3 is 14.8 Å². The Morgan fingerprint density at radius 2 is 1.79 bits per heavy atom. The molecule has 29 heavy (non-hydrogen) atoms. The number of alkyl halides is 3. The summed E-state index contributed by atoms with van der Waals surface area (Å²) < 4.78 is 51.2. The third kappa shape index (κ3) is 4.97. The number of ether oxygens (including phenoxy) is 2. The van der Waals surface area contributed by atoms with E-state index in [1.54, 1.807) is 32.4 Å². The van der Waals surface area contributed by atoms with Crippen LogP contribution in [0.5, 0.6) is 11.5 Å². The second kappa shape index (κ2) is 9.24. The number of halogens is 4. The molecular formula is C21H24ClF3N2O2. The summed E-state index contributed by atoms with van der Waals surface area (Å²) >= 11 is 6.44. The van der Waals surface area contributed by atoms with Crippen molar-refractivity contribution in [2.45, 2.75) is 18.6 Å². The first-order valence-corrected chi connectivity index (χ1v) is 9.76. The summed E-state index contributed by atoms with van der Waals surface area (Å²) in [6.07, 6.45) is -3.58. The molecule has 0 amide bonds. The van der Waals surface area contributed by atoms with Gasteiger partial charge in [-0.25, -0.2) is 0 Å². The lowest BCUT2D eigenvalue weighted by molar-refractivity contribution is -0.137. The molecule has 0 aliphatic carbocycles. The van der Waals surface area contributed by atoms with Gasteiger partial charge in [0, 0.05) is 30.2 Å². The lowest BCUT2D eigenvalue weighted by Gasteiger charge is -2.33. The fraction of sp³-hybridized carbons (Fsp3) is 0.429. The Labute approximate surface area is 173 Å².